The molecule has 1 atom stereocenters. The number of likely N-dealkylation sites (N-methyl/N-ethyl adjacent to an activating group) is 1. The van der Waals surface area contributed by atoms with Gasteiger partial charge in [-0.1, -0.05) is 6.92 Å². The lowest BCUT2D eigenvalue weighted by molar-refractivity contribution is -0.185. The first-order chi connectivity index (χ1) is 9.53. The maximum Gasteiger partial charge on any atom is 0.327 e. The molecule has 1 aliphatic rings. The third-order valence-corrected chi connectivity index (χ3v) is 3.59. The van der Waals surface area contributed by atoms with E-state index in [1.54, 1.807) is 0 Å². The minimum absolute atomic E-state index is 0.186. The number of nitrogens with one attached hydrogen (secondary N) is 1. The van der Waals surface area contributed by atoms with Crippen molar-refractivity contribution in [1.29, 1.82) is 0 Å². The first-order valence-corrected chi connectivity index (χ1v) is 7.88. The lowest BCUT2D eigenvalue weighted by Gasteiger charge is -2.49. The summed E-state index contributed by atoms with van der Waals surface area (Å²) in [6.07, 6.45) is 0. The normalized spacial score (nSPS) is 24.3. The van der Waals surface area contributed by atoms with Gasteiger partial charge in [-0.3, -0.25) is 9.69 Å². The maximum absolute atomic E-state index is 12.3. The van der Waals surface area contributed by atoms with Gasteiger partial charge < -0.3 is 14.8 Å². The summed E-state index contributed by atoms with van der Waals surface area (Å²) < 4.78 is 11.3. The van der Waals surface area contributed by atoms with Gasteiger partial charge in [-0.2, -0.15) is 0 Å². The molecule has 21 heavy (non-hydrogen) atoms. The molecular formula is C16H32N2O3. The summed E-state index contributed by atoms with van der Waals surface area (Å²) in [6, 6.07) is 0. The van der Waals surface area contributed by atoms with Crippen LogP contribution in [0.1, 0.15) is 48.5 Å². The maximum atomic E-state index is 12.3. The van der Waals surface area contributed by atoms with Crippen molar-refractivity contribution in [2.24, 2.45) is 0 Å². The predicted molar refractivity (Wildman–Crippen MR) is 84.4 cm³/mol. The molecule has 0 saturated carbocycles. The fraction of sp³-hybridized carbons (Fsp3) is 0.938. The van der Waals surface area contributed by atoms with Crippen LogP contribution < -0.4 is 5.32 Å². The standard InChI is InChI=1S/C16H32N2O3/c1-8-17-16(7,13(19)20-9-2)12-18-10-14(3,4)21-15(5,6)11-18/h17H,8-12H2,1-7H3. The summed E-state index contributed by atoms with van der Waals surface area (Å²) in [7, 11) is 0. The number of morpholine rings is 1. The Kier molecular flexibility index (Phi) is 5.81. The second-order valence-electron chi connectivity index (χ2n) is 7.35. The van der Waals surface area contributed by atoms with E-state index in [0.717, 1.165) is 19.6 Å². The zero-order chi connectivity index (χ0) is 16.3. The minimum atomic E-state index is -0.686. The number of hydrogen-bond acceptors (Lipinski definition) is 5. The monoisotopic (exact) mass is 300 g/mol. The Morgan fingerprint density at radius 2 is 1.76 bits per heavy atom. The van der Waals surface area contributed by atoms with E-state index in [4.69, 9.17) is 9.47 Å². The lowest BCUT2D eigenvalue weighted by atomic mass is 9.95. The predicted octanol–water partition coefficient (Wildman–Crippen LogP) is 1.81. The van der Waals surface area contributed by atoms with Gasteiger partial charge in [0.25, 0.3) is 0 Å². The highest BCUT2D eigenvalue weighted by Gasteiger charge is 2.43. The molecule has 1 heterocycles. The number of rotatable bonds is 6. The molecule has 0 aromatic heterocycles. The van der Waals surface area contributed by atoms with Gasteiger partial charge >= 0.3 is 5.97 Å². The molecule has 0 aliphatic carbocycles. The van der Waals surface area contributed by atoms with Crippen LogP contribution in [0, 0.1) is 0 Å². The molecule has 1 saturated heterocycles. The summed E-state index contributed by atoms with van der Waals surface area (Å²) in [5.41, 5.74) is -1.12. The molecule has 0 bridgehead atoms. The zero-order valence-electron chi connectivity index (χ0n) is 14.7. The Bertz CT molecular complexity index is 353. The number of nitrogens with zero attached hydrogens (tertiary/aromatic N) is 1. The molecular weight excluding hydrogens is 268 g/mol. The summed E-state index contributed by atoms with van der Waals surface area (Å²) in [5.74, 6) is -0.186. The zero-order valence-corrected chi connectivity index (χ0v) is 14.7. The highest BCUT2D eigenvalue weighted by Crippen LogP contribution is 2.29. The van der Waals surface area contributed by atoms with Crippen molar-refractivity contribution in [3.63, 3.8) is 0 Å². The molecule has 1 N–H and O–H groups in total. The molecule has 0 aromatic carbocycles. The van der Waals surface area contributed by atoms with Crippen molar-refractivity contribution in [2.75, 3.05) is 32.8 Å². The Hall–Kier alpha value is -0.650. The van der Waals surface area contributed by atoms with Crippen molar-refractivity contribution >= 4 is 5.97 Å². The SMILES string of the molecule is CCNC(C)(CN1CC(C)(C)OC(C)(C)C1)C(=O)OCC. The average molecular weight is 300 g/mol. The van der Waals surface area contributed by atoms with E-state index in [-0.39, 0.29) is 17.2 Å². The summed E-state index contributed by atoms with van der Waals surface area (Å²) in [4.78, 5) is 14.6. The highest BCUT2D eigenvalue weighted by molar-refractivity contribution is 5.80. The van der Waals surface area contributed by atoms with Crippen molar-refractivity contribution in [1.82, 2.24) is 10.2 Å². The molecule has 0 amide bonds. The summed E-state index contributed by atoms with van der Waals surface area (Å²) in [5, 5.41) is 3.29. The van der Waals surface area contributed by atoms with E-state index >= 15 is 0 Å². The molecule has 1 unspecified atom stereocenters. The third kappa shape index (κ3) is 5.24. The van der Waals surface area contributed by atoms with E-state index in [2.05, 4.69) is 37.9 Å². The Morgan fingerprint density at radius 3 is 2.19 bits per heavy atom. The second kappa shape index (κ2) is 6.63. The fourth-order valence-corrected chi connectivity index (χ4v) is 3.38. The van der Waals surface area contributed by atoms with Crippen molar-refractivity contribution in [2.45, 2.75) is 65.2 Å². The second-order valence-corrected chi connectivity index (χ2v) is 7.35. The smallest absolute Gasteiger partial charge is 0.327 e. The van der Waals surface area contributed by atoms with Crippen molar-refractivity contribution in [3.05, 3.63) is 0 Å². The van der Waals surface area contributed by atoms with Gasteiger partial charge in [0.1, 0.15) is 5.54 Å². The van der Waals surface area contributed by atoms with Gasteiger partial charge in [-0.25, -0.2) is 0 Å². The van der Waals surface area contributed by atoms with Gasteiger partial charge in [0.2, 0.25) is 0 Å². The number of carbonyl (C=O) groups excluding carboxylic acids is 1. The summed E-state index contributed by atoms with van der Waals surface area (Å²) in [6.45, 7) is 17.5. The fourth-order valence-electron chi connectivity index (χ4n) is 3.38. The number of ether oxygens (including phenoxy) is 2. The molecule has 1 fully saturated rings. The molecule has 0 aromatic rings. The molecule has 5 nitrogen and oxygen atoms in total. The molecule has 0 radical (unpaired) electrons. The number of hydrogen-bond donors (Lipinski definition) is 1. The lowest BCUT2D eigenvalue weighted by Crippen LogP contribution is -2.64. The topological polar surface area (TPSA) is 50.8 Å². The average Bonchev–Trinajstić information content (AvgIpc) is 2.24. The highest BCUT2D eigenvalue weighted by atomic mass is 16.5. The van der Waals surface area contributed by atoms with Crippen LogP contribution in [0.25, 0.3) is 0 Å². The van der Waals surface area contributed by atoms with Crippen molar-refractivity contribution in [3.8, 4) is 0 Å². The van der Waals surface area contributed by atoms with Crippen LogP contribution in [0.3, 0.4) is 0 Å². The van der Waals surface area contributed by atoms with Crippen molar-refractivity contribution < 1.29 is 14.3 Å². The van der Waals surface area contributed by atoms with Gasteiger partial charge in [-0.05, 0) is 48.1 Å². The van der Waals surface area contributed by atoms with Crippen LogP contribution in [0.5, 0.6) is 0 Å². The molecule has 1 aliphatic heterocycles. The van der Waals surface area contributed by atoms with E-state index in [0.29, 0.717) is 13.2 Å². The van der Waals surface area contributed by atoms with Gasteiger partial charge in [0.05, 0.1) is 17.8 Å². The first kappa shape index (κ1) is 18.4. The van der Waals surface area contributed by atoms with Gasteiger partial charge in [0, 0.05) is 19.6 Å². The third-order valence-electron chi connectivity index (χ3n) is 3.59. The van der Waals surface area contributed by atoms with E-state index in [1.165, 1.54) is 0 Å². The van der Waals surface area contributed by atoms with Crippen LogP contribution in [0.2, 0.25) is 0 Å². The van der Waals surface area contributed by atoms with E-state index in [1.807, 2.05) is 20.8 Å². The molecule has 5 heteroatoms. The Balaban J connectivity index is 2.85. The minimum Gasteiger partial charge on any atom is -0.465 e. The van der Waals surface area contributed by atoms with Crippen LogP contribution in [-0.2, 0) is 14.3 Å². The Morgan fingerprint density at radius 1 is 1.24 bits per heavy atom. The van der Waals surface area contributed by atoms with Gasteiger partial charge in [0.15, 0.2) is 0 Å². The van der Waals surface area contributed by atoms with Crippen LogP contribution in [0.4, 0.5) is 0 Å². The largest absolute Gasteiger partial charge is 0.465 e. The molecule has 124 valence electrons. The van der Waals surface area contributed by atoms with E-state index < -0.39 is 5.54 Å². The number of carbonyl (C=O) groups is 1. The van der Waals surface area contributed by atoms with Crippen LogP contribution in [-0.4, -0.2) is 60.4 Å². The van der Waals surface area contributed by atoms with Gasteiger partial charge in [-0.15, -0.1) is 0 Å². The Labute approximate surface area is 129 Å². The molecule has 1 rings (SSSR count). The van der Waals surface area contributed by atoms with E-state index in [9.17, 15) is 4.79 Å². The molecule has 0 spiro atoms. The summed E-state index contributed by atoms with van der Waals surface area (Å²) >= 11 is 0. The van der Waals surface area contributed by atoms with Crippen LogP contribution >= 0.6 is 0 Å². The quantitative estimate of drug-likeness (QED) is 0.758. The van der Waals surface area contributed by atoms with Crippen LogP contribution in [0.15, 0.2) is 0 Å². The number of esters is 1. The first-order valence-electron chi connectivity index (χ1n) is 7.88.